The molecule has 4 N–H and O–H groups in total. The summed E-state index contributed by atoms with van der Waals surface area (Å²) in [6.45, 7) is 2.56. The van der Waals surface area contributed by atoms with E-state index >= 15 is 0 Å². The minimum Gasteiger partial charge on any atom is -0.508 e. The van der Waals surface area contributed by atoms with Gasteiger partial charge in [-0.15, -0.1) is 0 Å². The highest BCUT2D eigenvalue weighted by atomic mass is 79.9. The summed E-state index contributed by atoms with van der Waals surface area (Å²) in [6.07, 6.45) is 0.532. The molecule has 2 amide bonds. The van der Waals surface area contributed by atoms with E-state index in [1.54, 1.807) is 24.3 Å². The number of aryl methyl sites for hydroxylation is 1. The van der Waals surface area contributed by atoms with E-state index in [0.29, 0.717) is 29.5 Å². The van der Waals surface area contributed by atoms with Gasteiger partial charge in [0.2, 0.25) is 0 Å². The lowest BCUT2D eigenvalue weighted by Gasteiger charge is -2.10. The third-order valence-corrected chi connectivity index (χ3v) is 4.09. The molecule has 0 fully saturated rings. The van der Waals surface area contributed by atoms with Gasteiger partial charge in [-0.2, -0.15) is 0 Å². The van der Waals surface area contributed by atoms with Gasteiger partial charge in [-0.1, -0.05) is 6.07 Å². The number of benzene rings is 2. The Morgan fingerprint density at radius 1 is 1.04 bits per heavy atom. The first-order valence-electron chi connectivity index (χ1n) is 7.73. The van der Waals surface area contributed by atoms with Crippen molar-refractivity contribution in [3.63, 3.8) is 0 Å². The molecule has 0 radical (unpaired) electrons. The molecule has 0 spiro atoms. The van der Waals surface area contributed by atoms with E-state index < -0.39 is 0 Å². The molecule has 0 aliphatic carbocycles. The molecule has 0 saturated heterocycles. The summed E-state index contributed by atoms with van der Waals surface area (Å²) >= 11 is 3.21. The Balaban J connectivity index is 1.78. The molecule has 0 atom stereocenters. The summed E-state index contributed by atoms with van der Waals surface area (Å²) in [5.74, 6) is -0.729. The highest BCUT2D eigenvalue weighted by Gasteiger charge is 2.14. The molecule has 25 heavy (non-hydrogen) atoms. The van der Waals surface area contributed by atoms with Gasteiger partial charge in [0.25, 0.3) is 11.8 Å². The minimum atomic E-state index is -0.374. The van der Waals surface area contributed by atoms with E-state index in [4.69, 9.17) is 0 Å². The predicted octanol–water partition coefficient (Wildman–Crippen LogP) is 2.72. The Kier molecular flexibility index (Phi) is 6.41. The number of halogens is 1. The van der Waals surface area contributed by atoms with Gasteiger partial charge in [-0.3, -0.25) is 9.59 Å². The monoisotopic (exact) mass is 406 g/mol. The van der Waals surface area contributed by atoms with Gasteiger partial charge >= 0.3 is 0 Å². The molecule has 6 nitrogen and oxygen atoms in total. The largest absolute Gasteiger partial charge is 0.508 e. The summed E-state index contributed by atoms with van der Waals surface area (Å²) in [5.41, 5.74) is 1.43. The molecule has 0 aliphatic rings. The van der Waals surface area contributed by atoms with Crippen molar-refractivity contribution in [3.05, 3.63) is 57.6 Å². The highest BCUT2D eigenvalue weighted by Crippen LogP contribution is 2.29. The van der Waals surface area contributed by atoms with Crippen molar-refractivity contribution < 1.29 is 19.8 Å². The van der Waals surface area contributed by atoms with E-state index in [1.807, 2.05) is 6.92 Å². The van der Waals surface area contributed by atoms with Gasteiger partial charge in [0.15, 0.2) is 0 Å². The van der Waals surface area contributed by atoms with E-state index in [1.165, 1.54) is 12.1 Å². The zero-order chi connectivity index (χ0) is 18.4. The lowest BCUT2D eigenvalue weighted by molar-refractivity contribution is 0.0950. The molecule has 0 bridgehead atoms. The molecule has 2 aromatic rings. The first kappa shape index (κ1) is 18.8. The van der Waals surface area contributed by atoms with Crippen LogP contribution >= 0.6 is 15.9 Å². The van der Waals surface area contributed by atoms with Crippen molar-refractivity contribution in [1.82, 2.24) is 10.6 Å². The third kappa shape index (κ3) is 5.22. The summed E-state index contributed by atoms with van der Waals surface area (Å²) in [4.78, 5) is 24.0. The van der Waals surface area contributed by atoms with Gasteiger partial charge in [-0.05, 0) is 65.2 Å². The lowest BCUT2D eigenvalue weighted by atomic mass is 10.1. The SMILES string of the molecule is Cc1cc(Br)c(O)c(C(=O)NCCCNC(=O)c2cccc(O)c2)c1. The fourth-order valence-electron chi connectivity index (χ4n) is 2.24. The maximum Gasteiger partial charge on any atom is 0.255 e. The standard InChI is InChI=1S/C18H19BrN2O4/c1-11-8-14(16(23)15(19)9-11)18(25)21-7-3-6-20-17(24)12-4-2-5-13(22)10-12/h2,4-5,8-10,22-23H,3,6-7H2,1H3,(H,20,24)(H,21,25). The fourth-order valence-corrected chi connectivity index (χ4v) is 2.82. The zero-order valence-electron chi connectivity index (χ0n) is 13.7. The van der Waals surface area contributed by atoms with Crippen LogP contribution in [0.15, 0.2) is 40.9 Å². The second-order valence-electron chi connectivity index (χ2n) is 5.56. The van der Waals surface area contributed by atoms with Crippen LogP contribution in [-0.4, -0.2) is 35.1 Å². The topological polar surface area (TPSA) is 98.7 Å². The predicted molar refractivity (Wildman–Crippen MR) is 97.9 cm³/mol. The molecule has 0 saturated carbocycles. The van der Waals surface area contributed by atoms with E-state index in [9.17, 15) is 19.8 Å². The van der Waals surface area contributed by atoms with Crippen LogP contribution in [0.4, 0.5) is 0 Å². The average molecular weight is 407 g/mol. The van der Waals surface area contributed by atoms with Crippen molar-refractivity contribution in [2.45, 2.75) is 13.3 Å². The smallest absolute Gasteiger partial charge is 0.255 e. The number of hydrogen-bond donors (Lipinski definition) is 4. The number of rotatable bonds is 6. The van der Waals surface area contributed by atoms with Crippen LogP contribution in [0.2, 0.25) is 0 Å². The lowest BCUT2D eigenvalue weighted by Crippen LogP contribution is -2.30. The van der Waals surface area contributed by atoms with Crippen molar-refractivity contribution >= 4 is 27.7 Å². The Morgan fingerprint density at radius 2 is 1.72 bits per heavy atom. The van der Waals surface area contributed by atoms with Gasteiger partial charge in [0.05, 0.1) is 10.0 Å². The average Bonchev–Trinajstić information content (AvgIpc) is 2.57. The van der Waals surface area contributed by atoms with Crippen LogP contribution < -0.4 is 10.6 Å². The van der Waals surface area contributed by atoms with Crippen LogP contribution in [0.1, 0.15) is 32.7 Å². The van der Waals surface area contributed by atoms with Crippen molar-refractivity contribution in [3.8, 4) is 11.5 Å². The third-order valence-electron chi connectivity index (χ3n) is 3.49. The normalized spacial score (nSPS) is 10.3. The van der Waals surface area contributed by atoms with Crippen LogP contribution in [0.3, 0.4) is 0 Å². The number of aromatic hydroxyl groups is 2. The Bertz CT molecular complexity index is 793. The summed E-state index contributed by atoms with van der Waals surface area (Å²) in [7, 11) is 0. The van der Waals surface area contributed by atoms with Gasteiger partial charge in [0.1, 0.15) is 11.5 Å². The Hall–Kier alpha value is -2.54. The maximum absolute atomic E-state index is 12.1. The zero-order valence-corrected chi connectivity index (χ0v) is 15.3. The van der Waals surface area contributed by atoms with Crippen LogP contribution in [0.25, 0.3) is 0 Å². The minimum absolute atomic E-state index is 0.0315. The number of amides is 2. The first-order chi connectivity index (χ1) is 11.9. The molecule has 2 aromatic carbocycles. The Labute approximate surface area is 154 Å². The summed E-state index contributed by atoms with van der Waals surface area (Å²) in [5, 5.41) is 24.7. The first-order valence-corrected chi connectivity index (χ1v) is 8.52. The number of phenolic OH excluding ortho intramolecular Hbond substituents is 2. The maximum atomic E-state index is 12.1. The van der Waals surface area contributed by atoms with Crippen molar-refractivity contribution in [1.29, 1.82) is 0 Å². The highest BCUT2D eigenvalue weighted by molar-refractivity contribution is 9.10. The van der Waals surface area contributed by atoms with Crippen LogP contribution in [0, 0.1) is 6.92 Å². The molecule has 0 aliphatic heterocycles. The van der Waals surface area contributed by atoms with Gasteiger partial charge in [-0.25, -0.2) is 0 Å². The molecule has 0 aromatic heterocycles. The Morgan fingerprint density at radius 3 is 2.40 bits per heavy atom. The van der Waals surface area contributed by atoms with Gasteiger partial charge in [0, 0.05) is 18.7 Å². The van der Waals surface area contributed by atoms with Crippen molar-refractivity contribution in [2.24, 2.45) is 0 Å². The van der Waals surface area contributed by atoms with E-state index in [-0.39, 0.29) is 28.9 Å². The second-order valence-corrected chi connectivity index (χ2v) is 6.41. The van der Waals surface area contributed by atoms with Gasteiger partial charge < -0.3 is 20.8 Å². The second kappa shape index (κ2) is 8.53. The number of nitrogens with one attached hydrogen (secondary N) is 2. The molecule has 0 heterocycles. The number of hydrogen-bond acceptors (Lipinski definition) is 4. The quantitative estimate of drug-likeness (QED) is 0.554. The number of phenols is 2. The molecular formula is C18H19BrN2O4. The number of carbonyl (C=O) groups is 2. The molecule has 7 heteroatoms. The van der Waals surface area contributed by atoms with E-state index in [2.05, 4.69) is 26.6 Å². The summed E-state index contributed by atoms with van der Waals surface area (Å²) in [6, 6.07) is 9.41. The molecule has 132 valence electrons. The fraction of sp³-hybridized carbons (Fsp3) is 0.222. The van der Waals surface area contributed by atoms with Crippen molar-refractivity contribution in [2.75, 3.05) is 13.1 Å². The molecule has 0 unspecified atom stereocenters. The molecule has 2 rings (SSSR count). The van der Waals surface area contributed by atoms with E-state index in [0.717, 1.165) is 5.56 Å². The summed E-state index contributed by atoms with van der Waals surface area (Å²) < 4.78 is 0.469. The number of carbonyl (C=O) groups excluding carboxylic acids is 2. The molecular weight excluding hydrogens is 388 g/mol. The van der Waals surface area contributed by atoms with Crippen LogP contribution in [-0.2, 0) is 0 Å². The van der Waals surface area contributed by atoms with Crippen LogP contribution in [0.5, 0.6) is 11.5 Å².